The van der Waals surface area contributed by atoms with Crippen LogP contribution in [0.25, 0.3) is 0 Å². The van der Waals surface area contributed by atoms with Gasteiger partial charge in [-0.15, -0.1) is 0 Å². The molecule has 1 aliphatic rings. The normalized spacial score (nSPS) is 14.2. The van der Waals surface area contributed by atoms with Gasteiger partial charge in [0.15, 0.2) is 0 Å². The maximum atomic E-state index is 4.43. The van der Waals surface area contributed by atoms with Gasteiger partial charge in [0.2, 0.25) is 0 Å². The highest BCUT2D eigenvalue weighted by molar-refractivity contribution is 9.10. The summed E-state index contributed by atoms with van der Waals surface area (Å²) in [5.74, 6) is 1.87. The van der Waals surface area contributed by atoms with Crippen molar-refractivity contribution >= 4 is 27.6 Å². The lowest BCUT2D eigenvalue weighted by molar-refractivity contribution is 0.718. The number of benzene rings is 1. The average Bonchev–Trinajstić information content (AvgIpc) is 2.46. The number of nitrogens with one attached hydrogen (secondary N) is 1. The quantitative estimate of drug-likeness (QED) is 0.921. The first kappa shape index (κ1) is 14.3. The summed E-state index contributed by atoms with van der Waals surface area (Å²) in [5, 5.41) is 3.33. The molecule has 0 spiro atoms. The first-order valence-corrected chi connectivity index (χ1v) is 8.02. The number of halogens is 1. The molecule has 0 fully saturated rings. The van der Waals surface area contributed by atoms with Crippen LogP contribution in [0.1, 0.15) is 25.0 Å². The van der Waals surface area contributed by atoms with Gasteiger partial charge in [0.1, 0.15) is 18.0 Å². The molecule has 5 heteroatoms. The lowest BCUT2D eigenvalue weighted by atomic mass is 10.00. The van der Waals surface area contributed by atoms with Gasteiger partial charge in [0.25, 0.3) is 0 Å². The number of hydrogen-bond acceptors (Lipinski definition) is 4. The molecule has 2 heterocycles. The van der Waals surface area contributed by atoms with Gasteiger partial charge in [-0.1, -0.05) is 22.0 Å². The van der Waals surface area contributed by atoms with Crippen molar-refractivity contribution in [2.45, 2.75) is 32.9 Å². The second kappa shape index (κ2) is 6.02. The third-order valence-electron chi connectivity index (χ3n) is 3.59. The fourth-order valence-corrected chi connectivity index (χ4v) is 3.02. The van der Waals surface area contributed by atoms with Gasteiger partial charge in [-0.3, -0.25) is 0 Å². The first-order chi connectivity index (χ1) is 10.1. The molecule has 110 valence electrons. The molecule has 1 aromatic heterocycles. The van der Waals surface area contributed by atoms with Crippen LogP contribution in [0, 0.1) is 0 Å². The van der Waals surface area contributed by atoms with Gasteiger partial charge in [0.05, 0.1) is 0 Å². The van der Waals surface area contributed by atoms with Gasteiger partial charge in [-0.05, 0) is 43.5 Å². The molecule has 1 aliphatic heterocycles. The maximum absolute atomic E-state index is 4.43. The van der Waals surface area contributed by atoms with Gasteiger partial charge >= 0.3 is 0 Å². The molecule has 0 saturated heterocycles. The van der Waals surface area contributed by atoms with Crippen molar-refractivity contribution in [1.82, 2.24) is 9.97 Å². The Morgan fingerprint density at radius 1 is 1.19 bits per heavy atom. The minimum atomic E-state index is 0.368. The van der Waals surface area contributed by atoms with Crippen LogP contribution in [0.15, 0.2) is 35.1 Å². The lowest BCUT2D eigenvalue weighted by Crippen LogP contribution is -2.31. The summed E-state index contributed by atoms with van der Waals surface area (Å²) in [4.78, 5) is 11.0. The molecule has 0 saturated carbocycles. The fourth-order valence-electron chi connectivity index (χ4n) is 2.61. The number of anilines is 2. The molecular formula is C16H19BrN4. The Hall–Kier alpha value is -1.62. The highest BCUT2D eigenvalue weighted by Gasteiger charge is 2.18. The summed E-state index contributed by atoms with van der Waals surface area (Å²) < 4.78 is 1.15. The van der Waals surface area contributed by atoms with E-state index in [9.17, 15) is 0 Å². The highest BCUT2D eigenvalue weighted by atomic mass is 79.9. The minimum Gasteiger partial charge on any atom is -0.368 e. The van der Waals surface area contributed by atoms with Crippen LogP contribution in [0.2, 0.25) is 0 Å². The van der Waals surface area contributed by atoms with Crippen molar-refractivity contribution in [2.24, 2.45) is 0 Å². The summed E-state index contributed by atoms with van der Waals surface area (Å²) >= 11 is 3.54. The molecule has 1 aromatic carbocycles. The van der Waals surface area contributed by atoms with Crippen LogP contribution in [0.5, 0.6) is 0 Å². The Bertz CT molecular complexity index is 642. The van der Waals surface area contributed by atoms with Crippen LogP contribution in [0.3, 0.4) is 0 Å². The van der Waals surface area contributed by atoms with Crippen molar-refractivity contribution in [3.63, 3.8) is 0 Å². The molecule has 0 atom stereocenters. The fraction of sp³-hybridized carbons (Fsp3) is 0.375. The zero-order valence-electron chi connectivity index (χ0n) is 12.3. The maximum Gasteiger partial charge on any atom is 0.134 e. The topological polar surface area (TPSA) is 41.0 Å². The highest BCUT2D eigenvalue weighted by Crippen LogP contribution is 2.26. The molecule has 0 unspecified atom stereocenters. The number of hydrogen-bond donors (Lipinski definition) is 1. The molecule has 0 radical (unpaired) electrons. The summed E-state index contributed by atoms with van der Waals surface area (Å²) in [7, 11) is 0. The number of aromatic nitrogens is 2. The largest absolute Gasteiger partial charge is 0.368 e. The molecule has 0 bridgehead atoms. The first-order valence-electron chi connectivity index (χ1n) is 7.22. The number of fused-ring (bicyclic) bond motifs is 1. The van der Waals surface area contributed by atoms with Crippen molar-refractivity contribution in [1.29, 1.82) is 0 Å². The molecule has 2 aromatic rings. The lowest BCUT2D eigenvalue weighted by Gasteiger charge is -2.30. The number of nitrogens with zero attached hydrogens (tertiary/aromatic N) is 3. The molecular weight excluding hydrogens is 328 g/mol. The molecule has 1 N–H and O–H groups in total. The summed E-state index contributed by atoms with van der Waals surface area (Å²) in [5.41, 5.74) is 2.80. The standard InChI is InChI=1S/C16H19BrN4/c1-11(2)20-15-8-16(19-10-18-15)21-6-5-12-7-14(17)4-3-13(12)9-21/h3-4,7-8,10-11H,5-6,9H2,1-2H3,(H,18,19,20). The molecule has 3 rings (SSSR count). The Morgan fingerprint density at radius 3 is 2.86 bits per heavy atom. The molecule has 0 amide bonds. The minimum absolute atomic E-state index is 0.368. The third-order valence-corrected chi connectivity index (χ3v) is 4.09. The van der Waals surface area contributed by atoms with E-state index in [-0.39, 0.29) is 0 Å². The van der Waals surface area contributed by atoms with E-state index in [4.69, 9.17) is 0 Å². The van der Waals surface area contributed by atoms with E-state index in [0.717, 1.165) is 35.6 Å². The van der Waals surface area contributed by atoms with Gasteiger partial charge < -0.3 is 10.2 Å². The van der Waals surface area contributed by atoms with E-state index in [0.29, 0.717) is 6.04 Å². The molecule has 0 aliphatic carbocycles. The summed E-state index contributed by atoms with van der Waals surface area (Å²) in [6.45, 7) is 6.11. The van der Waals surface area contributed by atoms with Crippen LogP contribution in [-0.4, -0.2) is 22.6 Å². The Labute approximate surface area is 133 Å². The summed E-state index contributed by atoms with van der Waals surface area (Å²) in [6, 6.07) is 8.92. The third kappa shape index (κ3) is 3.35. The molecule has 4 nitrogen and oxygen atoms in total. The van der Waals surface area contributed by atoms with Crippen LogP contribution < -0.4 is 10.2 Å². The van der Waals surface area contributed by atoms with Crippen LogP contribution in [-0.2, 0) is 13.0 Å². The Kier molecular flexibility index (Phi) is 4.10. The van der Waals surface area contributed by atoms with Gasteiger partial charge in [-0.25, -0.2) is 9.97 Å². The summed E-state index contributed by atoms with van der Waals surface area (Å²) in [6.07, 6.45) is 2.68. The van der Waals surface area contributed by atoms with E-state index >= 15 is 0 Å². The van der Waals surface area contributed by atoms with E-state index < -0.39 is 0 Å². The zero-order valence-corrected chi connectivity index (χ0v) is 13.9. The van der Waals surface area contributed by atoms with E-state index in [1.165, 1.54) is 11.1 Å². The predicted molar refractivity (Wildman–Crippen MR) is 89.7 cm³/mol. The Balaban J connectivity index is 1.81. The second-order valence-corrected chi connectivity index (χ2v) is 6.56. The smallest absolute Gasteiger partial charge is 0.134 e. The number of rotatable bonds is 3. The monoisotopic (exact) mass is 346 g/mol. The van der Waals surface area contributed by atoms with Crippen LogP contribution in [0.4, 0.5) is 11.6 Å². The van der Waals surface area contributed by atoms with Crippen molar-refractivity contribution in [2.75, 3.05) is 16.8 Å². The van der Waals surface area contributed by atoms with Gasteiger partial charge in [0, 0.05) is 29.7 Å². The molecule has 21 heavy (non-hydrogen) atoms. The van der Waals surface area contributed by atoms with Crippen molar-refractivity contribution in [3.05, 3.63) is 46.2 Å². The SMILES string of the molecule is CC(C)Nc1cc(N2CCc3cc(Br)ccc3C2)ncn1. The van der Waals surface area contributed by atoms with E-state index in [1.807, 2.05) is 6.07 Å². The second-order valence-electron chi connectivity index (χ2n) is 5.65. The van der Waals surface area contributed by atoms with Crippen LogP contribution >= 0.6 is 15.9 Å². The predicted octanol–water partition coefficient (Wildman–Crippen LogP) is 3.62. The van der Waals surface area contributed by atoms with Crippen molar-refractivity contribution < 1.29 is 0 Å². The zero-order chi connectivity index (χ0) is 14.8. The average molecular weight is 347 g/mol. The van der Waals surface area contributed by atoms with Gasteiger partial charge in [-0.2, -0.15) is 0 Å². The van der Waals surface area contributed by atoms with Crippen molar-refractivity contribution in [3.8, 4) is 0 Å². The van der Waals surface area contributed by atoms with E-state index in [2.05, 4.69) is 68.2 Å². The van der Waals surface area contributed by atoms with E-state index in [1.54, 1.807) is 6.33 Å². The Morgan fingerprint density at radius 2 is 2.05 bits per heavy atom.